The van der Waals surface area contributed by atoms with Crippen LogP contribution in [0.25, 0.3) is 11.1 Å². The Bertz CT molecular complexity index is 1320. The maximum Gasteiger partial charge on any atom is 0.258 e. The maximum absolute atomic E-state index is 14.6. The van der Waals surface area contributed by atoms with Crippen molar-refractivity contribution in [2.45, 2.75) is 25.8 Å². The lowest BCUT2D eigenvalue weighted by Gasteiger charge is -2.29. The number of carbonyl (C=O) groups is 1. The van der Waals surface area contributed by atoms with Crippen LogP contribution in [-0.2, 0) is 4.79 Å². The van der Waals surface area contributed by atoms with Crippen LogP contribution < -0.4 is 9.64 Å². The third kappa shape index (κ3) is 4.70. The van der Waals surface area contributed by atoms with E-state index in [1.807, 2.05) is 0 Å². The van der Waals surface area contributed by atoms with Crippen LogP contribution in [0.3, 0.4) is 0 Å². The quantitative estimate of drug-likeness (QED) is 0.339. The van der Waals surface area contributed by atoms with E-state index in [1.165, 1.54) is 23.1 Å². The van der Waals surface area contributed by atoms with Gasteiger partial charge < -0.3 is 9.64 Å². The number of amides is 1. The van der Waals surface area contributed by atoms with Gasteiger partial charge in [0, 0.05) is 30.6 Å². The van der Waals surface area contributed by atoms with Crippen molar-refractivity contribution in [3.63, 3.8) is 0 Å². The minimum Gasteiger partial charge on any atom is -0.493 e. The fraction of sp³-hybridized carbons (Fsp3) is 0.231. The van der Waals surface area contributed by atoms with Crippen molar-refractivity contribution in [3.8, 4) is 22.9 Å². The standard InChI is InChI=1S/C26H22F2N4O2S/c1-26(2)24(33)32(19-5-4-18(16-29)22(27)14-19)25(35)31(26)12-3-13-34-20-6-7-21(23(28)15-20)17-8-10-30-11-9-17/h4-11,14-15H,3,12-13H2,1-2H3. The van der Waals surface area contributed by atoms with Crippen LogP contribution in [0.2, 0.25) is 0 Å². The highest BCUT2D eigenvalue weighted by Gasteiger charge is 2.49. The summed E-state index contributed by atoms with van der Waals surface area (Å²) in [7, 11) is 0. The smallest absolute Gasteiger partial charge is 0.258 e. The molecule has 0 atom stereocenters. The van der Waals surface area contributed by atoms with Crippen molar-refractivity contribution in [2.75, 3.05) is 18.1 Å². The van der Waals surface area contributed by atoms with Gasteiger partial charge in [-0.1, -0.05) is 0 Å². The molecular weight excluding hydrogens is 470 g/mol. The molecule has 2 heterocycles. The number of carbonyl (C=O) groups excluding carboxylic acids is 1. The number of hydrogen-bond acceptors (Lipinski definition) is 5. The van der Waals surface area contributed by atoms with Crippen LogP contribution in [0.5, 0.6) is 5.75 Å². The molecule has 0 unspecified atom stereocenters. The molecule has 1 aliphatic rings. The lowest BCUT2D eigenvalue weighted by Crippen LogP contribution is -2.44. The summed E-state index contributed by atoms with van der Waals surface area (Å²) in [5.41, 5.74) is 0.407. The molecule has 0 saturated carbocycles. The van der Waals surface area contributed by atoms with E-state index < -0.39 is 17.2 Å². The minimum absolute atomic E-state index is 0.107. The van der Waals surface area contributed by atoms with E-state index in [0.717, 1.165) is 11.6 Å². The van der Waals surface area contributed by atoms with Gasteiger partial charge in [0.25, 0.3) is 5.91 Å². The van der Waals surface area contributed by atoms with Crippen LogP contribution in [0.4, 0.5) is 14.5 Å². The van der Waals surface area contributed by atoms with E-state index >= 15 is 0 Å². The average Bonchev–Trinajstić information content (AvgIpc) is 3.01. The van der Waals surface area contributed by atoms with E-state index in [4.69, 9.17) is 22.2 Å². The summed E-state index contributed by atoms with van der Waals surface area (Å²) >= 11 is 5.54. The number of halogens is 2. The largest absolute Gasteiger partial charge is 0.493 e. The first-order valence-electron chi connectivity index (χ1n) is 10.9. The fourth-order valence-corrected chi connectivity index (χ4v) is 4.44. The first-order chi connectivity index (χ1) is 16.7. The van der Waals surface area contributed by atoms with Crippen molar-refractivity contribution in [1.29, 1.82) is 5.26 Å². The summed E-state index contributed by atoms with van der Waals surface area (Å²) in [6.45, 7) is 4.18. The molecule has 4 rings (SSSR count). The molecule has 0 radical (unpaired) electrons. The Kier molecular flexibility index (Phi) is 6.76. The molecule has 9 heteroatoms. The lowest BCUT2D eigenvalue weighted by atomic mass is 10.0. The summed E-state index contributed by atoms with van der Waals surface area (Å²) in [6, 6.07) is 13.9. The van der Waals surface area contributed by atoms with Gasteiger partial charge in [0.1, 0.15) is 29.0 Å². The number of rotatable bonds is 7. The molecule has 0 bridgehead atoms. The summed E-state index contributed by atoms with van der Waals surface area (Å²) in [6.07, 6.45) is 3.72. The van der Waals surface area contributed by atoms with Gasteiger partial charge in [-0.05, 0) is 80.5 Å². The lowest BCUT2D eigenvalue weighted by molar-refractivity contribution is -0.123. The molecule has 35 heavy (non-hydrogen) atoms. The number of anilines is 1. The van der Waals surface area contributed by atoms with Crippen LogP contribution in [0.1, 0.15) is 25.8 Å². The Labute approximate surface area is 207 Å². The summed E-state index contributed by atoms with van der Waals surface area (Å²) in [5.74, 6) is -1.01. The molecule has 1 aliphatic heterocycles. The van der Waals surface area contributed by atoms with Crippen molar-refractivity contribution < 1.29 is 18.3 Å². The monoisotopic (exact) mass is 492 g/mol. The second-order valence-corrected chi connectivity index (χ2v) is 8.85. The van der Waals surface area contributed by atoms with Gasteiger partial charge >= 0.3 is 0 Å². The molecule has 3 aromatic rings. The molecule has 178 valence electrons. The van der Waals surface area contributed by atoms with E-state index in [9.17, 15) is 13.6 Å². The number of pyridine rings is 1. The summed E-state index contributed by atoms with van der Waals surface area (Å²) < 4.78 is 34.4. The Balaban J connectivity index is 1.39. The zero-order valence-electron chi connectivity index (χ0n) is 19.2. The number of ether oxygens (including phenoxy) is 1. The topological polar surface area (TPSA) is 69.5 Å². The molecule has 1 saturated heterocycles. The van der Waals surface area contributed by atoms with Crippen molar-refractivity contribution in [3.05, 3.63) is 78.1 Å². The highest BCUT2D eigenvalue weighted by molar-refractivity contribution is 7.80. The van der Waals surface area contributed by atoms with E-state index in [-0.39, 0.29) is 28.9 Å². The van der Waals surface area contributed by atoms with Crippen molar-refractivity contribution in [2.24, 2.45) is 0 Å². The van der Waals surface area contributed by atoms with E-state index in [2.05, 4.69) is 4.98 Å². The molecule has 0 spiro atoms. The highest BCUT2D eigenvalue weighted by Crippen LogP contribution is 2.33. The van der Waals surface area contributed by atoms with Crippen LogP contribution in [0, 0.1) is 23.0 Å². The molecule has 1 aromatic heterocycles. The molecular formula is C26H22F2N4O2S. The summed E-state index contributed by atoms with van der Waals surface area (Å²) in [4.78, 5) is 20.1. The maximum atomic E-state index is 14.6. The van der Waals surface area contributed by atoms with Gasteiger partial charge in [-0.3, -0.25) is 14.7 Å². The SMILES string of the molecule is CC1(C)C(=O)N(c2ccc(C#N)c(F)c2)C(=S)N1CCCOc1ccc(-c2ccncc2)c(F)c1. The predicted octanol–water partition coefficient (Wildman–Crippen LogP) is 5.08. The molecule has 1 fully saturated rings. The number of nitrogens with zero attached hydrogens (tertiary/aromatic N) is 4. The third-order valence-electron chi connectivity index (χ3n) is 5.88. The molecule has 2 aromatic carbocycles. The van der Waals surface area contributed by atoms with Gasteiger partial charge in [0.05, 0.1) is 17.9 Å². The Morgan fingerprint density at radius 2 is 1.83 bits per heavy atom. The molecule has 0 N–H and O–H groups in total. The minimum atomic E-state index is -0.945. The van der Waals surface area contributed by atoms with E-state index in [1.54, 1.807) is 61.5 Å². The zero-order valence-corrected chi connectivity index (χ0v) is 20.0. The normalized spacial score (nSPS) is 14.8. The zero-order chi connectivity index (χ0) is 25.2. The van der Waals surface area contributed by atoms with Gasteiger partial charge in [0.15, 0.2) is 5.11 Å². The Morgan fingerprint density at radius 3 is 2.49 bits per heavy atom. The Morgan fingerprint density at radius 1 is 1.09 bits per heavy atom. The molecule has 1 amide bonds. The number of thiocarbonyl (C=S) groups is 1. The first-order valence-corrected chi connectivity index (χ1v) is 11.3. The number of hydrogen-bond donors (Lipinski definition) is 0. The van der Waals surface area contributed by atoms with Gasteiger partial charge in [-0.15, -0.1) is 0 Å². The van der Waals surface area contributed by atoms with Gasteiger partial charge in [0.2, 0.25) is 0 Å². The van der Waals surface area contributed by atoms with Crippen LogP contribution in [0.15, 0.2) is 60.9 Å². The number of nitriles is 1. The second kappa shape index (κ2) is 9.76. The van der Waals surface area contributed by atoms with Gasteiger partial charge in [-0.25, -0.2) is 8.78 Å². The highest BCUT2D eigenvalue weighted by atomic mass is 32.1. The fourth-order valence-electron chi connectivity index (χ4n) is 3.94. The molecule has 0 aliphatic carbocycles. The van der Waals surface area contributed by atoms with E-state index in [0.29, 0.717) is 24.3 Å². The third-order valence-corrected chi connectivity index (χ3v) is 6.28. The van der Waals surface area contributed by atoms with Crippen LogP contribution >= 0.6 is 12.2 Å². The van der Waals surface area contributed by atoms with Crippen molar-refractivity contribution in [1.82, 2.24) is 9.88 Å². The predicted molar refractivity (Wildman–Crippen MR) is 132 cm³/mol. The Hall–Kier alpha value is -3.90. The number of aromatic nitrogens is 1. The second-order valence-electron chi connectivity index (χ2n) is 8.49. The first kappa shape index (κ1) is 24.2. The average molecular weight is 493 g/mol. The summed E-state index contributed by atoms with van der Waals surface area (Å²) in [5, 5.41) is 9.20. The van der Waals surface area contributed by atoms with Crippen LogP contribution in [-0.4, -0.2) is 39.6 Å². The molecule has 6 nitrogen and oxygen atoms in total. The van der Waals surface area contributed by atoms with Crippen molar-refractivity contribution >= 4 is 28.9 Å². The van der Waals surface area contributed by atoms with Gasteiger partial charge in [-0.2, -0.15) is 5.26 Å². The number of benzene rings is 2.